The topological polar surface area (TPSA) is 64.4 Å². The maximum absolute atomic E-state index is 12.6. The fourth-order valence-corrected chi connectivity index (χ4v) is 4.63. The summed E-state index contributed by atoms with van der Waals surface area (Å²) < 4.78 is 8.31. The van der Waals surface area contributed by atoms with Gasteiger partial charge in [-0.25, -0.2) is 0 Å². The quantitative estimate of drug-likeness (QED) is 0.433. The van der Waals surface area contributed by atoms with Crippen molar-refractivity contribution in [3.8, 4) is 0 Å². The van der Waals surface area contributed by atoms with Crippen molar-refractivity contribution >= 4 is 22.7 Å². The molecule has 3 aromatic rings. The van der Waals surface area contributed by atoms with E-state index in [1.54, 1.807) is 6.20 Å². The molecule has 0 amide bonds. The minimum absolute atomic E-state index is 0.207. The van der Waals surface area contributed by atoms with Crippen molar-refractivity contribution in [1.82, 2.24) is 14.5 Å². The maximum atomic E-state index is 12.6. The van der Waals surface area contributed by atoms with Gasteiger partial charge in [0.25, 0.3) is 0 Å². The van der Waals surface area contributed by atoms with E-state index in [0.717, 1.165) is 36.3 Å². The molecule has 0 radical (unpaired) electrons. The molecule has 6 heteroatoms. The van der Waals surface area contributed by atoms with E-state index in [0.29, 0.717) is 6.54 Å². The van der Waals surface area contributed by atoms with Gasteiger partial charge >= 0.3 is 5.97 Å². The van der Waals surface area contributed by atoms with Gasteiger partial charge in [-0.15, -0.1) is 0 Å². The van der Waals surface area contributed by atoms with Gasteiger partial charge in [-0.2, -0.15) is 0 Å². The summed E-state index contributed by atoms with van der Waals surface area (Å²) in [7, 11) is 2.15. The number of esters is 1. The SMILES string of the molecule is CC(=O)CC(=O)OC(C)(Cn1c2c(c3cc(C)ccc31)CN(C)CC2)c1ccc(C)nc1. The first-order chi connectivity index (χ1) is 15.2. The standard InChI is InChI=1S/C26H31N3O3/c1-17-6-9-23-21(12-17)22-15-28(5)11-10-24(22)29(23)16-26(4,32-25(31)13-19(3)30)20-8-7-18(2)27-14-20/h6-9,12,14H,10-11,13,15-16H2,1-5H3. The second-order valence-corrected chi connectivity index (χ2v) is 9.29. The first-order valence-electron chi connectivity index (χ1n) is 11.1. The average molecular weight is 434 g/mol. The molecule has 2 aromatic heterocycles. The van der Waals surface area contributed by atoms with Gasteiger partial charge in [-0.3, -0.25) is 14.6 Å². The molecule has 0 saturated carbocycles. The number of fused-ring (bicyclic) bond motifs is 3. The molecule has 0 bridgehead atoms. The summed E-state index contributed by atoms with van der Waals surface area (Å²) >= 11 is 0. The summed E-state index contributed by atoms with van der Waals surface area (Å²) in [5.74, 6) is -0.719. The third kappa shape index (κ3) is 4.32. The number of Topliss-reactive ketones (excluding diaryl/α,β-unsaturated/α-hetero) is 1. The Kier molecular flexibility index (Phi) is 5.91. The zero-order valence-electron chi connectivity index (χ0n) is 19.6. The lowest BCUT2D eigenvalue weighted by atomic mass is 9.96. The Bertz CT molecular complexity index is 1180. The summed E-state index contributed by atoms with van der Waals surface area (Å²) in [4.78, 5) is 30.9. The van der Waals surface area contributed by atoms with Crippen LogP contribution in [0.4, 0.5) is 0 Å². The lowest BCUT2D eigenvalue weighted by molar-refractivity contribution is -0.161. The Balaban J connectivity index is 1.83. The third-order valence-corrected chi connectivity index (χ3v) is 6.31. The number of pyridine rings is 1. The van der Waals surface area contributed by atoms with E-state index in [1.165, 1.54) is 29.1 Å². The Morgan fingerprint density at radius 1 is 1.19 bits per heavy atom. The monoisotopic (exact) mass is 433 g/mol. The predicted molar refractivity (Wildman–Crippen MR) is 124 cm³/mol. The summed E-state index contributed by atoms with van der Waals surface area (Å²) in [6.45, 7) is 9.70. The van der Waals surface area contributed by atoms with Gasteiger partial charge in [-0.1, -0.05) is 17.7 Å². The molecule has 1 aromatic carbocycles. The Morgan fingerprint density at radius 2 is 1.97 bits per heavy atom. The number of carbonyl (C=O) groups excluding carboxylic acids is 2. The Hall–Kier alpha value is -2.99. The second-order valence-electron chi connectivity index (χ2n) is 9.29. The molecule has 0 N–H and O–H groups in total. The van der Waals surface area contributed by atoms with Gasteiger partial charge in [0, 0.05) is 53.6 Å². The van der Waals surface area contributed by atoms with Crippen LogP contribution in [0.3, 0.4) is 0 Å². The van der Waals surface area contributed by atoms with Crippen LogP contribution < -0.4 is 0 Å². The van der Waals surface area contributed by atoms with Crippen molar-refractivity contribution in [2.75, 3.05) is 13.6 Å². The molecular formula is C26H31N3O3. The lowest BCUT2D eigenvalue weighted by Crippen LogP contribution is -2.36. The largest absolute Gasteiger partial charge is 0.452 e. The summed E-state index contributed by atoms with van der Waals surface area (Å²) in [6, 6.07) is 10.4. The fourth-order valence-electron chi connectivity index (χ4n) is 4.63. The highest BCUT2D eigenvalue weighted by molar-refractivity contribution is 5.94. The molecule has 168 valence electrons. The highest BCUT2D eigenvalue weighted by atomic mass is 16.6. The average Bonchev–Trinajstić information content (AvgIpc) is 2.99. The van der Waals surface area contributed by atoms with E-state index in [9.17, 15) is 9.59 Å². The Labute approximate surface area is 189 Å². The van der Waals surface area contributed by atoms with Crippen LogP contribution in [0.15, 0.2) is 36.5 Å². The zero-order chi connectivity index (χ0) is 23.0. The van der Waals surface area contributed by atoms with Crippen molar-refractivity contribution in [2.45, 2.75) is 59.2 Å². The van der Waals surface area contributed by atoms with Gasteiger partial charge < -0.3 is 14.2 Å². The number of ether oxygens (including phenoxy) is 1. The van der Waals surface area contributed by atoms with Gasteiger partial charge in [0.05, 0.1) is 6.54 Å². The van der Waals surface area contributed by atoms with E-state index >= 15 is 0 Å². The number of likely N-dealkylation sites (N-methyl/N-ethyl adjacent to an activating group) is 1. The molecule has 3 heterocycles. The van der Waals surface area contributed by atoms with E-state index in [1.807, 2.05) is 26.0 Å². The molecule has 1 aliphatic heterocycles. The number of rotatable bonds is 6. The number of carbonyl (C=O) groups is 2. The number of aryl methyl sites for hydroxylation is 2. The van der Waals surface area contributed by atoms with Gasteiger partial charge in [0.15, 0.2) is 5.60 Å². The van der Waals surface area contributed by atoms with Crippen LogP contribution in [0.2, 0.25) is 0 Å². The van der Waals surface area contributed by atoms with E-state index < -0.39 is 11.6 Å². The van der Waals surface area contributed by atoms with Crippen LogP contribution in [-0.2, 0) is 39.4 Å². The molecule has 0 spiro atoms. The van der Waals surface area contributed by atoms with Gasteiger partial charge in [-0.05, 0) is 58.5 Å². The molecule has 0 fully saturated rings. The van der Waals surface area contributed by atoms with Crippen LogP contribution in [0.5, 0.6) is 0 Å². The summed E-state index contributed by atoms with van der Waals surface area (Å²) in [5.41, 5.74) is 5.76. The molecular weight excluding hydrogens is 402 g/mol. The van der Waals surface area contributed by atoms with E-state index in [4.69, 9.17) is 4.74 Å². The highest BCUT2D eigenvalue weighted by Gasteiger charge is 2.35. The normalized spacial score (nSPS) is 15.9. The van der Waals surface area contributed by atoms with E-state index in [-0.39, 0.29) is 12.2 Å². The third-order valence-electron chi connectivity index (χ3n) is 6.31. The van der Waals surface area contributed by atoms with Crippen LogP contribution in [0.1, 0.15) is 48.3 Å². The first kappa shape index (κ1) is 22.2. The Morgan fingerprint density at radius 3 is 2.66 bits per heavy atom. The number of hydrogen-bond donors (Lipinski definition) is 0. The predicted octanol–water partition coefficient (Wildman–Crippen LogP) is 4.08. The fraction of sp³-hybridized carbons (Fsp3) is 0.423. The van der Waals surface area contributed by atoms with Gasteiger partial charge in [0.1, 0.15) is 12.2 Å². The van der Waals surface area contributed by atoms with Gasteiger partial charge in [0.2, 0.25) is 0 Å². The van der Waals surface area contributed by atoms with E-state index in [2.05, 4.69) is 46.6 Å². The number of nitrogens with zero attached hydrogens (tertiary/aromatic N) is 3. The first-order valence-corrected chi connectivity index (χ1v) is 11.1. The zero-order valence-corrected chi connectivity index (χ0v) is 19.6. The van der Waals surface area contributed by atoms with Crippen LogP contribution in [0, 0.1) is 13.8 Å². The van der Waals surface area contributed by atoms with Crippen LogP contribution >= 0.6 is 0 Å². The molecule has 1 aliphatic rings. The second kappa shape index (κ2) is 8.51. The summed E-state index contributed by atoms with van der Waals surface area (Å²) in [6.07, 6.45) is 2.47. The molecule has 0 aliphatic carbocycles. The van der Waals surface area contributed by atoms with Crippen LogP contribution in [0.25, 0.3) is 10.9 Å². The number of benzene rings is 1. The van der Waals surface area contributed by atoms with Crippen LogP contribution in [-0.4, -0.2) is 39.8 Å². The minimum atomic E-state index is -0.957. The minimum Gasteiger partial charge on any atom is -0.452 e. The van der Waals surface area contributed by atoms with Crippen molar-refractivity contribution in [3.63, 3.8) is 0 Å². The van der Waals surface area contributed by atoms with Crippen molar-refractivity contribution in [2.24, 2.45) is 0 Å². The number of aromatic nitrogens is 2. The number of ketones is 1. The molecule has 32 heavy (non-hydrogen) atoms. The molecule has 4 rings (SSSR count). The van der Waals surface area contributed by atoms with Crippen molar-refractivity contribution in [3.05, 3.63) is 64.6 Å². The maximum Gasteiger partial charge on any atom is 0.314 e. The van der Waals surface area contributed by atoms with Crippen molar-refractivity contribution < 1.29 is 14.3 Å². The van der Waals surface area contributed by atoms with Crippen molar-refractivity contribution in [1.29, 1.82) is 0 Å². The highest BCUT2D eigenvalue weighted by Crippen LogP contribution is 2.36. The summed E-state index contributed by atoms with van der Waals surface area (Å²) in [5, 5.41) is 1.26. The number of hydrogen-bond acceptors (Lipinski definition) is 5. The molecule has 1 atom stereocenters. The molecule has 6 nitrogen and oxygen atoms in total. The lowest BCUT2D eigenvalue weighted by Gasteiger charge is -2.32. The smallest absolute Gasteiger partial charge is 0.314 e. The molecule has 0 saturated heterocycles. The molecule has 1 unspecified atom stereocenters.